The van der Waals surface area contributed by atoms with Crippen LogP contribution in [0.25, 0.3) is 51.5 Å². The monoisotopic (exact) mass is 716 g/mol. The van der Waals surface area contributed by atoms with Crippen LogP contribution in [0.1, 0.15) is 13.3 Å². The molecule has 4 heteroatoms. The minimum absolute atomic E-state index is 0.208. The van der Waals surface area contributed by atoms with Gasteiger partial charge in [0, 0.05) is 48.0 Å². The standard InChI is InChI=1S/C49H36N2S2/c1-49(32-10-3-11-33-49)51(44-21-13-19-42-40-17-7-9-23-46(40)53-48(42)44)38-30-26-35(27-31-38)34-24-28-37(29-25-34)50(36-14-4-2-5-15-36)43-20-12-18-41-39-16-6-8-22-45(39)52-47(41)43/h2-32H,33H2,1H3. The third kappa shape index (κ3) is 5.45. The fraction of sp³-hybridized carbons (Fsp3) is 0.0612. The Morgan fingerprint density at radius 2 is 0.962 bits per heavy atom. The van der Waals surface area contributed by atoms with E-state index in [1.165, 1.54) is 68.5 Å². The summed E-state index contributed by atoms with van der Waals surface area (Å²) < 4.78 is 5.26. The van der Waals surface area contributed by atoms with Crippen molar-refractivity contribution in [2.24, 2.45) is 0 Å². The van der Waals surface area contributed by atoms with E-state index in [9.17, 15) is 0 Å². The number of hydrogen-bond donors (Lipinski definition) is 0. The summed E-state index contributed by atoms with van der Waals surface area (Å²) in [5.74, 6) is 0. The normalized spacial score (nSPS) is 15.5. The fourth-order valence-corrected chi connectivity index (χ4v) is 10.4. The van der Waals surface area contributed by atoms with Crippen molar-refractivity contribution >= 4 is 91.5 Å². The van der Waals surface area contributed by atoms with Crippen LogP contribution >= 0.6 is 22.7 Å². The highest BCUT2D eigenvalue weighted by atomic mass is 32.1. The second-order valence-corrected chi connectivity index (χ2v) is 16.1. The first-order valence-corrected chi connectivity index (χ1v) is 19.8. The molecular formula is C49H36N2S2. The molecule has 0 radical (unpaired) electrons. The number of nitrogens with zero attached hydrogens (tertiary/aromatic N) is 2. The first kappa shape index (κ1) is 31.8. The third-order valence-electron chi connectivity index (χ3n) is 10.6. The number of rotatable bonds is 7. The second-order valence-electron chi connectivity index (χ2n) is 14.0. The largest absolute Gasteiger partial charge is 0.331 e. The molecule has 0 saturated heterocycles. The topological polar surface area (TPSA) is 6.48 Å². The zero-order valence-corrected chi connectivity index (χ0v) is 30.9. The minimum Gasteiger partial charge on any atom is -0.331 e. The molecule has 0 saturated carbocycles. The highest BCUT2D eigenvalue weighted by molar-refractivity contribution is 7.26. The van der Waals surface area contributed by atoms with Crippen molar-refractivity contribution in [3.05, 3.63) is 188 Å². The second kappa shape index (κ2) is 12.9. The molecule has 254 valence electrons. The smallest absolute Gasteiger partial charge is 0.0643 e. The van der Waals surface area contributed by atoms with Gasteiger partial charge in [-0.1, -0.05) is 127 Å². The summed E-state index contributed by atoms with van der Waals surface area (Å²) in [7, 11) is 0. The molecule has 1 unspecified atom stereocenters. The van der Waals surface area contributed by atoms with E-state index in [1.807, 2.05) is 22.7 Å². The highest BCUT2D eigenvalue weighted by Crippen LogP contribution is 2.47. The molecule has 9 aromatic rings. The number of anilines is 5. The van der Waals surface area contributed by atoms with Gasteiger partial charge in [0.15, 0.2) is 0 Å². The molecule has 0 aliphatic heterocycles. The Balaban J connectivity index is 1.03. The molecule has 2 nitrogen and oxygen atoms in total. The summed E-state index contributed by atoms with van der Waals surface area (Å²) in [5.41, 5.74) is 8.09. The van der Waals surface area contributed by atoms with Gasteiger partial charge in [-0.2, -0.15) is 0 Å². The minimum atomic E-state index is -0.208. The van der Waals surface area contributed by atoms with E-state index >= 15 is 0 Å². The Kier molecular flexibility index (Phi) is 7.75. The molecule has 0 bridgehead atoms. The summed E-state index contributed by atoms with van der Waals surface area (Å²) in [6, 6.07) is 59.9. The summed E-state index contributed by atoms with van der Waals surface area (Å²) in [5, 5.41) is 5.25. The van der Waals surface area contributed by atoms with Crippen LogP contribution in [-0.2, 0) is 0 Å². The number of benzene rings is 7. The van der Waals surface area contributed by atoms with Crippen molar-refractivity contribution in [2.75, 3.05) is 9.80 Å². The number of allylic oxidation sites excluding steroid dienone is 2. The van der Waals surface area contributed by atoms with Crippen LogP contribution in [0.4, 0.5) is 28.4 Å². The lowest BCUT2D eigenvalue weighted by atomic mass is 9.89. The summed E-state index contributed by atoms with van der Waals surface area (Å²) in [4.78, 5) is 4.94. The molecule has 2 heterocycles. The van der Waals surface area contributed by atoms with Crippen molar-refractivity contribution in [3.63, 3.8) is 0 Å². The summed E-state index contributed by atoms with van der Waals surface area (Å²) >= 11 is 3.75. The molecule has 10 rings (SSSR count). The van der Waals surface area contributed by atoms with Crippen molar-refractivity contribution in [2.45, 2.75) is 18.9 Å². The number of hydrogen-bond acceptors (Lipinski definition) is 4. The Labute approximate surface area is 317 Å². The summed E-state index contributed by atoms with van der Waals surface area (Å²) in [6.07, 6.45) is 9.92. The zero-order valence-electron chi connectivity index (χ0n) is 29.3. The van der Waals surface area contributed by atoms with Gasteiger partial charge in [0.05, 0.1) is 26.3 Å². The SMILES string of the molecule is CC1(N(c2ccc(-c3ccc(N(c4ccccc4)c4cccc5c4sc4ccccc45)cc3)cc2)c2cccc3c2sc2ccccc23)C=CC=CC1. The molecule has 1 aliphatic carbocycles. The van der Waals surface area contributed by atoms with Gasteiger partial charge in [0.25, 0.3) is 0 Å². The molecule has 0 fully saturated rings. The van der Waals surface area contributed by atoms with Gasteiger partial charge >= 0.3 is 0 Å². The van der Waals surface area contributed by atoms with Crippen molar-refractivity contribution in [1.82, 2.24) is 0 Å². The van der Waals surface area contributed by atoms with E-state index < -0.39 is 0 Å². The van der Waals surface area contributed by atoms with E-state index in [0.29, 0.717) is 0 Å². The molecule has 0 amide bonds. The van der Waals surface area contributed by atoms with E-state index in [4.69, 9.17) is 0 Å². The molecule has 2 aromatic heterocycles. The molecule has 53 heavy (non-hydrogen) atoms. The van der Waals surface area contributed by atoms with Crippen LogP contribution in [0.3, 0.4) is 0 Å². The maximum Gasteiger partial charge on any atom is 0.0643 e. The van der Waals surface area contributed by atoms with Gasteiger partial charge < -0.3 is 9.80 Å². The number of para-hydroxylation sites is 1. The molecule has 7 aromatic carbocycles. The Hall–Kier alpha value is -5.94. The predicted octanol–water partition coefficient (Wildman–Crippen LogP) is 15.0. The van der Waals surface area contributed by atoms with E-state index in [-0.39, 0.29) is 5.54 Å². The zero-order chi connectivity index (χ0) is 35.4. The molecule has 1 aliphatic rings. The van der Waals surface area contributed by atoms with Gasteiger partial charge in [0.1, 0.15) is 0 Å². The van der Waals surface area contributed by atoms with Crippen molar-refractivity contribution in [3.8, 4) is 11.1 Å². The van der Waals surface area contributed by atoms with Crippen LogP contribution in [-0.4, -0.2) is 5.54 Å². The fourth-order valence-electron chi connectivity index (χ4n) is 8.02. The Morgan fingerprint density at radius 3 is 1.57 bits per heavy atom. The predicted molar refractivity (Wildman–Crippen MR) is 232 cm³/mol. The summed E-state index contributed by atoms with van der Waals surface area (Å²) in [6.45, 7) is 2.35. The highest BCUT2D eigenvalue weighted by Gasteiger charge is 2.32. The van der Waals surface area contributed by atoms with Gasteiger partial charge in [-0.15, -0.1) is 22.7 Å². The maximum atomic E-state index is 2.55. The third-order valence-corrected chi connectivity index (χ3v) is 13.0. The van der Waals surface area contributed by atoms with Crippen molar-refractivity contribution < 1.29 is 0 Å². The lowest BCUT2D eigenvalue weighted by Crippen LogP contribution is -2.42. The van der Waals surface area contributed by atoms with Gasteiger partial charge in [0.2, 0.25) is 0 Å². The average molecular weight is 717 g/mol. The quantitative estimate of drug-likeness (QED) is 0.162. The van der Waals surface area contributed by atoms with Gasteiger partial charge in [-0.3, -0.25) is 0 Å². The van der Waals surface area contributed by atoms with E-state index in [1.54, 1.807) is 0 Å². The first-order valence-electron chi connectivity index (χ1n) is 18.2. The van der Waals surface area contributed by atoms with Crippen LogP contribution in [0.15, 0.2) is 188 Å². The number of thiophene rings is 2. The molecular weight excluding hydrogens is 681 g/mol. The van der Waals surface area contributed by atoms with E-state index in [0.717, 1.165) is 17.8 Å². The van der Waals surface area contributed by atoms with E-state index in [2.05, 4.69) is 205 Å². The van der Waals surface area contributed by atoms with Gasteiger partial charge in [-0.25, -0.2) is 0 Å². The van der Waals surface area contributed by atoms with Crippen LogP contribution in [0.5, 0.6) is 0 Å². The Bertz CT molecular complexity index is 2830. The van der Waals surface area contributed by atoms with Crippen LogP contribution < -0.4 is 9.80 Å². The molecule has 0 N–H and O–H groups in total. The first-order chi connectivity index (χ1) is 26.1. The lowest BCUT2D eigenvalue weighted by Gasteiger charge is -2.42. The van der Waals surface area contributed by atoms with Crippen LogP contribution in [0, 0.1) is 0 Å². The number of fused-ring (bicyclic) bond motifs is 6. The van der Waals surface area contributed by atoms with Crippen LogP contribution in [0.2, 0.25) is 0 Å². The molecule has 0 spiro atoms. The van der Waals surface area contributed by atoms with Crippen molar-refractivity contribution in [1.29, 1.82) is 0 Å². The maximum absolute atomic E-state index is 2.55. The Morgan fingerprint density at radius 1 is 0.453 bits per heavy atom. The average Bonchev–Trinajstić information content (AvgIpc) is 3.79. The lowest BCUT2D eigenvalue weighted by molar-refractivity contribution is 0.571. The molecule has 1 atom stereocenters. The van der Waals surface area contributed by atoms with Gasteiger partial charge in [-0.05, 0) is 85.1 Å².